The molecule has 0 radical (unpaired) electrons. The van der Waals surface area contributed by atoms with Gasteiger partial charge in [0, 0.05) is 28.7 Å². The highest BCUT2D eigenvalue weighted by molar-refractivity contribution is 6.02. The van der Waals surface area contributed by atoms with Crippen LogP contribution in [0.1, 0.15) is 0 Å². The molecular weight excluding hydrogens is 262 g/mol. The standard InChI is InChI=1S/C17H11N3O/c21-17-14-8-4-3-7-13(14)16(19-20-17)15-10-18-9-11-5-1-2-6-12(11)15/h1-10H,(H,20,21). The van der Waals surface area contributed by atoms with Crippen LogP contribution in [0.3, 0.4) is 0 Å². The van der Waals surface area contributed by atoms with Gasteiger partial charge in [-0.1, -0.05) is 42.5 Å². The Labute approximate surface area is 120 Å². The molecule has 0 unspecified atom stereocenters. The van der Waals surface area contributed by atoms with E-state index in [-0.39, 0.29) is 5.56 Å². The van der Waals surface area contributed by atoms with Crippen LogP contribution in [-0.4, -0.2) is 15.2 Å². The SMILES string of the molecule is O=c1[nH]nc(-c2cncc3ccccc23)c2ccccc12. The number of hydrogen-bond donors (Lipinski definition) is 1. The minimum Gasteiger partial charge on any atom is -0.267 e. The summed E-state index contributed by atoms with van der Waals surface area (Å²) in [4.78, 5) is 16.2. The van der Waals surface area contributed by atoms with Crippen LogP contribution in [0, 0.1) is 0 Å². The van der Waals surface area contributed by atoms with Crippen LogP contribution in [0.4, 0.5) is 0 Å². The van der Waals surface area contributed by atoms with Crippen molar-refractivity contribution in [2.45, 2.75) is 0 Å². The molecule has 0 fully saturated rings. The first-order chi connectivity index (χ1) is 10.3. The summed E-state index contributed by atoms with van der Waals surface area (Å²) in [6.07, 6.45) is 3.61. The molecule has 4 heteroatoms. The van der Waals surface area contributed by atoms with Gasteiger partial charge in [-0.3, -0.25) is 9.78 Å². The normalized spacial score (nSPS) is 11.0. The second-order valence-corrected chi connectivity index (χ2v) is 4.86. The van der Waals surface area contributed by atoms with Crippen molar-refractivity contribution in [3.05, 3.63) is 71.3 Å². The zero-order chi connectivity index (χ0) is 14.2. The molecule has 2 aromatic heterocycles. The summed E-state index contributed by atoms with van der Waals surface area (Å²) in [7, 11) is 0. The number of fused-ring (bicyclic) bond motifs is 2. The summed E-state index contributed by atoms with van der Waals surface area (Å²) in [5.41, 5.74) is 1.48. The lowest BCUT2D eigenvalue weighted by Gasteiger charge is -2.07. The molecule has 0 amide bonds. The summed E-state index contributed by atoms with van der Waals surface area (Å²) in [5.74, 6) is 0. The van der Waals surface area contributed by atoms with Crippen molar-refractivity contribution in [2.24, 2.45) is 0 Å². The minimum absolute atomic E-state index is 0.178. The van der Waals surface area contributed by atoms with Gasteiger partial charge < -0.3 is 0 Å². The largest absolute Gasteiger partial charge is 0.272 e. The summed E-state index contributed by atoms with van der Waals surface area (Å²) in [6.45, 7) is 0. The summed E-state index contributed by atoms with van der Waals surface area (Å²) in [5, 5.41) is 10.4. The molecule has 21 heavy (non-hydrogen) atoms. The first-order valence-corrected chi connectivity index (χ1v) is 6.65. The van der Waals surface area contributed by atoms with Crippen molar-refractivity contribution in [3.8, 4) is 11.3 Å². The number of nitrogens with zero attached hydrogens (tertiary/aromatic N) is 2. The highest BCUT2D eigenvalue weighted by atomic mass is 16.1. The molecule has 100 valence electrons. The lowest BCUT2D eigenvalue weighted by Crippen LogP contribution is -2.09. The molecule has 0 saturated heterocycles. The Morgan fingerprint density at radius 1 is 0.810 bits per heavy atom. The Morgan fingerprint density at radius 2 is 1.52 bits per heavy atom. The fourth-order valence-corrected chi connectivity index (χ4v) is 2.63. The quantitative estimate of drug-likeness (QED) is 0.579. The average molecular weight is 273 g/mol. The molecule has 0 aliphatic carbocycles. The van der Waals surface area contributed by atoms with Gasteiger partial charge in [0.15, 0.2) is 0 Å². The minimum atomic E-state index is -0.178. The van der Waals surface area contributed by atoms with Crippen molar-refractivity contribution >= 4 is 21.5 Å². The molecule has 4 rings (SSSR count). The topological polar surface area (TPSA) is 58.6 Å². The molecule has 0 saturated carbocycles. The Morgan fingerprint density at radius 3 is 2.38 bits per heavy atom. The number of benzene rings is 2. The number of aromatic amines is 1. The highest BCUT2D eigenvalue weighted by Crippen LogP contribution is 2.29. The van der Waals surface area contributed by atoms with Crippen LogP contribution in [0.5, 0.6) is 0 Å². The third kappa shape index (κ3) is 1.80. The zero-order valence-electron chi connectivity index (χ0n) is 11.1. The van der Waals surface area contributed by atoms with E-state index in [1.807, 2.05) is 48.7 Å². The predicted molar refractivity (Wildman–Crippen MR) is 83.1 cm³/mol. The number of rotatable bonds is 1. The third-order valence-electron chi connectivity index (χ3n) is 3.62. The second kappa shape index (κ2) is 4.52. The van der Waals surface area contributed by atoms with Crippen molar-refractivity contribution in [1.29, 1.82) is 0 Å². The molecule has 2 aromatic carbocycles. The van der Waals surface area contributed by atoms with Gasteiger partial charge in [-0.15, -0.1) is 0 Å². The molecule has 0 spiro atoms. The van der Waals surface area contributed by atoms with E-state index < -0.39 is 0 Å². The summed E-state index contributed by atoms with van der Waals surface area (Å²) < 4.78 is 0. The van der Waals surface area contributed by atoms with Gasteiger partial charge >= 0.3 is 0 Å². The van der Waals surface area contributed by atoms with Crippen LogP contribution in [-0.2, 0) is 0 Å². The van der Waals surface area contributed by atoms with Gasteiger partial charge in [0.1, 0.15) is 5.69 Å². The molecule has 2 heterocycles. The molecule has 0 atom stereocenters. The van der Waals surface area contributed by atoms with Gasteiger partial charge in [0.2, 0.25) is 0 Å². The van der Waals surface area contributed by atoms with Gasteiger partial charge in [-0.2, -0.15) is 5.10 Å². The molecule has 0 bridgehead atoms. The first kappa shape index (κ1) is 11.8. The van der Waals surface area contributed by atoms with E-state index in [4.69, 9.17) is 0 Å². The lowest BCUT2D eigenvalue weighted by atomic mass is 10.0. The monoisotopic (exact) mass is 273 g/mol. The Bertz CT molecular complexity index is 1020. The van der Waals surface area contributed by atoms with Crippen LogP contribution < -0.4 is 5.56 Å². The molecule has 1 N–H and O–H groups in total. The van der Waals surface area contributed by atoms with Crippen molar-refractivity contribution < 1.29 is 0 Å². The van der Waals surface area contributed by atoms with Crippen LogP contribution >= 0.6 is 0 Å². The maximum Gasteiger partial charge on any atom is 0.272 e. The fraction of sp³-hybridized carbons (Fsp3) is 0. The van der Waals surface area contributed by atoms with Gasteiger partial charge in [-0.25, -0.2) is 5.10 Å². The number of nitrogens with one attached hydrogen (secondary N) is 1. The Balaban J connectivity index is 2.15. The van der Waals surface area contributed by atoms with E-state index >= 15 is 0 Å². The highest BCUT2D eigenvalue weighted by Gasteiger charge is 2.11. The van der Waals surface area contributed by atoms with Crippen molar-refractivity contribution in [1.82, 2.24) is 15.2 Å². The molecule has 4 nitrogen and oxygen atoms in total. The Kier molecular flexibility index (Phi) is 2.54. The van der Waals surface area contributed by atoms with Gasteiger partial charge in [0.05, 0.1) is 5.39 Å². The smallest absolute Gasteiger partial charge is 0.267 e. The number of H-pyrrole nitrogens is 1. The van der Waals surface area contributed by atoms with Crippen LogP contribution in [0.15, 0.2) is 65.7 Å². The second-order valence-electron chi connectivity index (χ2n) is 4.86. The van der Waals surface area contributed by atoms with E-state index in [0.717, 1.165) is 27.4 Å². The number of hydrogen-bond acceptors (Lipinski definition) is 3. The fourth-order valence-electron chi connectivity index (χ4n) is 2.63. The van der Waals surface area contributed by atoms with Crippen LogP contribution in [0.2, 0.25) is 0 Å². The molecule has 4 aromatic rings. The van der Waals surface area contributed by atoms with Crippen molar-refractivity contribution in [2.75, 3.05) is 0 Å². The Hall–Kier alpha value is -3.01. The maximum atomic E-state index is 11.9. The molecule has 0 aliphatic heterocycles. The van der Waals surface area contributed by atoms with E-state index in [2.05, 4.69) is 15.2 Å². The number of aromatic nitrogens is 3. The predicted octanol–water partition coefficient (Wildman–Crippen LogP) is 3.14. The lowest BCUT2D eigenvalue weighted by molar-refractivity contribution is 1.02. The van der Waals surface area contributed by atoms with E-state index in [1.165, 1.54) is 0 Å². The summed E-state index contributed by atoms with van der Waals surface area (Å²) in [6, 6.07) is 15.5. The van der Waals surface area contributed by atoms with E-state index in [1.54, 1.807) is 12.3 Å². The maximum absolute atomic E-state index is 11.9. The summed E-state index contributed by atoms with van der Waals surface area (Å²) >= 11 is 0. The molecule has 0 aliphatic rings. The van der Waals surface area contributed by atoms with Gasteiger partial charge in [-0.05, 0) is 11.5 Å². The van der Waals surface area contributed by atoms with Crippen molar-refractivity contribution in [3.63, 3.8) is 0 Å². The third-order valence-corrected chi connectivity index (χ3v) is 3.62. The average Bonchev–Trinajstić information content (AvgIpc) is 2.55. The molecular formula is C17H11N3O. The van der Waals surface area contributed by atoms with E-state index in [9.17, 15) is 4.79 Å². The number of pyridine rings is 1. The first-order valence-electron chi connectivity index (χ1n) is 6.65. The van der Waals surface area contributed by atoms with E-state index in [0.29, 0.717) is 5.39 Å². The zero-order valence-corrected chi connectivity index (χ0v) is 11.1. The van der Waals surface area contributed by atoms with Gasteiger partial charge in [0.25, 0.3) is 5.56 Å². The van der Waals surface area contributed by atoms with Crippen LogP contribution in [0.25, 0.3) is 32.8 Å².